The van der Waals surface area contributed by atoms with Crippen molar-refractivity contribution in [2.75, 3.05) is 24.5 Å². The quantitative estimate of drug-likeness (QED) is 0.192. The van der Waals surface area contributed by atoms with Gasteiger partial charge >= 0.3 is 0 Å². The molecule has 0 aliphatic heterocycles. The predicted molar refractivity (Wildman–Crippen MR) is 173 cm³/mol. The summed E-state index contributed by atoms with van der Waals surface area (Å²) in [6.45, 7) is 1.92. The molecule has 0 radical (unpaired) electrons. The van der Waals surface area contributed by atoms with Crippen molar-refractivity contribution in [3.63, 3.8) is 0 Å². The van der Waals surface area contributed by atoms with Crippen LogP contribution in [0.2, 0.25) is 5.02 Å². The number of amides is 2. The lowest BCUT2D eigenvalue weighted by atomic mass is 10.0. The van der Waals surface area contributed by atoms with E-state index >= 15 is 0 Å². The Morgan fingerprint density at radius 2 is 1.45 bits per heavy atom. The van der Waals surface area contributed by atoms with Crippen molar-refractivity contribution < 1.29 is 22.7 Å². The lowest BCUT2D eigenvalue weighted by Gasteiger charge is -2.34. The lowest BCUT2D eigenvalue weighted by molar-refractivity contribution is -0.140. The Hall–Kier alpha value is -4.34. The Balaban J connectivity index is 1.80. The number of rotatable bonds is 14. The third-order valence-corrected chi connectivity index (χ3v) is 9.13. The van der Waals surface area contributed by atoms with Crippen molar-refractivity contribution in [2.45, 2.75) is 37.2 Å². The van der Waals surface area contributed by atoms with Crippen LogP contribution < -0.4 is 14.4 Å². The average molecular weight is 634 g/mol. The fraction of sp³-hybridized carbons (Fsp3) is 0.235. The van der Waals surface area contributed by atoms with Gasteiger partial charge in [-0.2, -0.15) is 0 Å². The molecule has 0 spiro atoms. The van der Waals surface area contributed by atoms with Gasteiger partial charge in [0.05, 0.1) is 22.7 Å². The van der Waals surface area contributed by atoms with Crippen LogP contribution in [-0.2, 0) is 32.6 Å². The fourth-order valence-electron chi connectivity index (χ4n) is 4.76. The summed E-state index contributed by atoms with van der Waals surface area (Å²) >= 11 is 6.41. The fourth-order valence-corrected chi connectivity index (χ4v) is 6.44. The van der Waals surface area contributed by atoms with Gasteiger partial charge in [-0.15, -0.1) is 0 Å². The molecule has 1 N–H and O–H groups in total. The second-order valence-electron chi connectivity index (χ2n) is 10.1. The molecule has 4 rings (SSSR count). The molecule has 44 heavy (non-hydrogen) atoms. The van der Waals surface area contributed by atoms with Gasteiger partial charge in [-0.05, 0) is 47.9 Å². The first-order valence-electron chi connectivity index (χ1n) is 14.3. The molecule has 0 saturated carbocycles. The van der Waals surface area contributed by atoms with Crippen molar-refractivity contribution in [3.8, 4) is 5.75 Å². The zero-order chi connectivity index (χ0) is 31.5. The van der Waals surface area contributed by atoms with Gasteiger partial charge in [0.1, 0.15) is 18.3 Å². The van der Waals surface area contributed by atoms with Gasteiger partial charge in [0.2, 0.25) is 11.8 Å². The number of carbonyl (C=O) groups is 2. The minimum absolute atomic E-state index is 0.0101. The Labute approximate surface area is 264 Å². The molecule has 4 aromatic carbocycles. The third kappa shape index (κ3) is 8.18. The topological polar surface area (TPSA) is 96.0 Å². The van der Waals surface area contributed by atoms with E-state index in [1.54, 1.807) is 24.3 Å². The van der Waals surface area contributed by atoms with E-state index in [4.69, 9.17) is 16.3 Å². The number of ether oxygens (including phenoxy) is 1. The van der Waals surface area contributed by atoms with Gasteiger partial charge < -0.3 is 15.0 Å². The molecule has 0 aromatic heterocycles. The summed E-state index contributed by atoms with van der Waals surface area (Å²) in [4.78, 5) is 29.5. The zero-order valence-corrected chi connectivity index (χ0v) is 26.3. The second-order valence-corrected chi connectivity index (χ2v) is 12.4. The highest BCUT2D eigenvalue weighted by molar-refractivity contribution is 7.92. The molecular weight excluding hydrogens is 598 g/mol. The summed E-state index contributed by atoms with van der Waals surface area (Å²) in [5.74, 6) is -0.502. The second kappa shape index (κ2) is 15.4. The summed E-state index contributed by atoms with van der Waals surface area (Å²) in [5, 5.41) is 3.13. The largest absolute Gasteiger partial charge is 0.495 e. The Morgan fingerprint density at radius 3 is 2.02 bits per heavy atom. The van der Waals surface area contributed by atoms with Crippen LogP contribution in [0.3, 0.4) is 0 Å². The van der Waals surface area contributed by atoms with Gasteiger partial charge in [0.15, 0.2) is 0 Å². The molecular formula is C34H36ClN3O5S. The van der Waals surface area contributed by atoms with E-state index in [9.17, 15) is 18.0 Å². The smallest absolute Gasteiger partial charge is 0.264 e. The first-order valence-corrected chi connectivity index (χ1v) is 16.1. The van der Waals surface area contributed by atoms with Crippen molar-refractivity contribution in [1.82, 2.24) is 10.2 Å². The lowest BCUT2D eigenvalue weighted by Crippen LogP contribution is -2.53. The van der Waals surface area contributed by atoms with E-state index in [1.165, 1.54) is 36.3 Å². The van der Waals surface area contributed by atoms with E-state index < -0.39 is 28.5 Å². The molecule has 4 aromatic rings. The maximum atomic E-state index is 14.4. The Bertz CT molecular complexity index is 1640. The van der Waals surface area contributed by atoms with Gasteiger partial charge in [0, 0.05) is 19.5 Å². The summed E-state index contributed by atoms with van der Waals surface area (Å²) in [7, 11) is -2.77. The van der Waals surface area contributed by atoms with Gasteiger partial charge in [-0.3, -0.25) is 13.9 Å². The highest BCUT2D eigenvalue weighted by atomic mass is 35.5. The van der Waals surface area contributed by atoms with E-state index in [-0.39, 0.29) is 34.5 Å². The Morgan fingerprint density at radius 1 is 0.864 bits per heavy atom. The molecule has 1 atom stereocenters. The molecule has 0 aliphatic rings. The van der Waals surface area contributed by atoms with E-state index in [0.717, 1.165) is 21.9 Å². The maximum Gasteiger partial charge on any atom is 0.264 e. The van der Waals surface area contributed by atoms with E-state index in [0.29, 0.717) is 12.3 Å². The number of benzene rings is 4. The van der Waals surface area contributed by atoms with Crippen molar-refractivity contribution >= 4 is 39.1 Å². The van der Waals surface area contributed by atoms with Crippen LogP contribution in [0.25, 0.3) is 0 Å². The summed E-state index contributed by atoms with van der Waals surface area (Å²) < 4.78 is 34.4. The van der Waals surface area contributed by atoms with Gasteiger partial charge in [-0.25, -0.2) is 8.42 Å². The monoisotopic (exact) mass is 633 g/mol. The number of hydrogen-bond donors (Lipinski definition) is 1. The molecule has 0 bridgehead atoms. The van der Waals surface area contributed by atoms with Crippen molar-refractivity contribution in [3.05, 3.63) is 125 Å². The zero-order valence-electron chi connectivity index (χ0n) is 24.7. The van der Waals surface area contributed by atoms with Crippen LogP contribution in [0, 0.1) is 0 Å². The molecule has 2 amide bonds. The van der Waals surface area contributed by atoms with Crippen molar-refractivity contribution in [1.29, 1.82) is 0 Å². The highest BCUT2D eigenvalue weighted by Gasteiger charge is 2.34. The van der Waals surface area contributed by atoms with Crippen LogP contribution in [0.5, 0.6) is 5.75 Å². The predicted octanol–water partition coefficient (Wildman–Crippen LogP) is 5.71. The summed E-state index contributed by atoms with van der Waals surface area (Å²) in [6, 6.07) is 30.3. The average Bonchev–Trinajstić information content (AvgIpc) is 3.05. The molecule has 0 fully saturated rings. The van der Waals surface area contributed by atoms with Crippen molar-refractivity contribution in [2.24, 2.45) is 0 Å². The molecule has 0 aliphatic carbocycles. The molecule has 0 unspecified atom stereocenters. The SMILES string of the molecule is CCCNC(=O)[C@H](Cc1ccccc1)N(Cc1ccccc1)C(=O)CN(c1ccc(OC)c(Cl)c1)S(=O)(=O)c1ccccc1. The summed E-state index contributed by atoms with van der Waals surface area (Å²) in [5.41, 5.74) is 1.85. The molecule has 8 nitrogen and oxygen atoms in total. The highest BCUT2D eigenvalue weighted by Crippen LogP contribution is 2.32. The number of methoxy groups -OCH3 is 1. The first kappa shape index (κ1) is 32.6. The van der Waals surface area contributed by atoms with Crippen LogP contribution in [0.4, 0.5) is 5.69 Å². The van der Waals surface area contributed by atoms with Crippen LogP contribution >= 0.6 is 11.6 Å². The molecule has 230 valence electrons. The van der Waals surface area contributed by atoms with Crippen LogP contribution in [0.15, 0.2) is 114 Å². The number of anilines is 1. The number of sulfonamides is 1. The normalized spacial score (nSPS) is 11.8. The number of nitrogens with one attached hydrogen (secondary N) is 1. The van der Waals surface area contributed by atoms with E-state index in [2.05, 4.69) is 5.32 Å². The molecule has 10 heteroatoms. The maximum absolute atomic E-state index is 14.4. The first-order chi connectivity index (χ1) is 21.2. The van der Waals surface area contributed by atoms with Gasteiger partial charge in [-0.1, -0.05) is 97.4 Å². The van der Waals surface area contributed by atoms with Crippen LogP contribution in [0.1, 0.15) is 24.5 Å². The minimum atomic E-state index is -4.23. The molecule has 0 saturated heterocycles. The standard InChI is InChI=1S/C34H36ClN3O5S/c1-3-21-36-34(40)31(22-26-13-7-4-8-14-26)37(24-27-15-9-5-10-16-27)33(39)25-38(28-19-20-32(43-2)30(35)23-28)44(41,42)29-17-11-6-12-18-29/h4-20,23,31H,3,21-22,24-25H2,1-2H3,(H,36,40)/t31-/m0/s1. The number of halogens is 1. The number of nitrogens with zero attached hydrogens (tertiary/aromatic N) is 2. The number of carbonyl (C=O) groups excluding carboxylic acids is 2. The molecule has 0 heterocycles. The van der Waals surface area contributed by atoms with E-state index in [1.807, 2.05) is 67.6 Å². The minimum Gasteiger partial charge on any atom is -0.495 e. The van der Waals surface area contributed by atoms with Gasteiger partial charge in [0.25, 0.3) is 10.0 Å². The van der Waals surface area contributed by atoms with Crippen LogP contribution in [-0.4, -0.2) is 51.4 Å². The Kier molecular flexibility index (Phi) is 11.4. The number of hydrogen-bond acceptors (Lipinski definition) is 5. The third-order valence-electron chi connectivity index (χ3n) is 7.05. The summed E-state index contributed by atoms with van der Waals surface area (Å²) in [6.07, 6.45) is 0.965.